The van der Waals surface area contributed by atoms with Crippen molar-refractivity contribution < 1.29 is 4.84 Å². The summed E-state index contributed by atoms with van der Waals surface area (Å²) in [6, 6.07) is 5.88. The SMILES string of the molecule is CC=NOCc1c(C2CC2)cccc1-n1nnn(C)c1=O. The van der Waals surface area contributed by atoms with Gasteiger partial charge in [-0.1, -0.05) is 17.3 Å². The number of hydrogen-bond donors (Lipinski definition) is 0. The number of nitrogens with zero attached hydrogens (tertiary/aromatic N) is 5. The van der Waals surface area contributed by atoms with Gasteiger partial charge in [0.1, 0.15) is 6.61 Å². The molecule has 1 saturated carbocycles. The first-order valence-corrected chi connectivity index (χ1v) is 6.93. The molecule has 0 atom stereocenters. The highest BCUT2D eigenvalue weighted by Gasteiger charge is 2.28. The number of benzene rings is 1. The van der Waals surface area contributed by atoms with E-state index < -0.39 is 0 Å². The molecule has 0 amide bonds. The van der Waals surface area contributed by atoms with Crippen molar-refractivity contribution in [2.75, 3.05) is 0 Å². The quantitative estimate of drug-likeness (QED) is 0.615. The Morgan fingerprint density at radius 1 is 1.43 bits per heavy atom. The zero-order valence-corrected chi connectivity index (χ0v) is 12.1. The highest BCUT2D eigenvalue weighted by Crippen LogP contribution is 2.42. The van der Waals surface area contributed by atoms with Gasteiger partial charge in [0.25, 0.3) is 0 Å². The van der Waals surface area contributed by atoms with Gasteiger partial charge in [0.15, 0.2) is 0 Å². The van der Waals surface area contributed by atoms with Gasteiger partial charge in [-0.05, 0) is 47.7 Å². The Kier molecular flexibility index (Phi) is 3.55. The maximum atomic E-state index is 12.1. The fourth-order valence-electron chi connectivity index (χ4n) is 2.37. The van der Waals surface area contributed by atoms with E-state index in [0.717, 1.165) is 5.56 Å². The van der Waals surface area contributed by atoms with Crippen LogP contribution in [0.4, 0.5) is 0 Å². The standard InChI is InChI=1S/C14H17N5O2/c1-3-15-21-9-12-11(10-7-8-10)5-4-6-13(12)19-14(20)18(2)16-17-19/h3-6,10H,7-9H2,1-2H3. The molecule has 110 valence electrons. The molecule has 1 aromatic carbocycles. The largest absolute Gasteiger partial charge is 0.391 e. The first kappa shape index (κ1) is 13.5. The summed E-state index contributed by atoms with van der Waals surface area (Å²) in [6.45, 7) is 2.11. The number of aromatic nitrogens is 4. The molecule has 0 aliphatic heterocycles. The fourth-order valence-corrected chi connectivity index (χ4v) is 2.37. The van der Waals surface area contributed by atoms with Crippen molar-refractivity contribution in [1.82, 2.24) is 19.8 Å². The lowest BCUT2D eigenvalue weighted by atomic mass is 10.0. The second-order valence-electron chi connectivity index (χ2n) is 5.05. The molecule has 0 spiro atoms. The molecule has 1 heterocycles. The summed E-state index contributed by atoms with van der Waals surface area (Å²) < 4.78 is 2.51. The van der Waals surface area contributed by atoms with Crippen molar-refractivity contribution >= 4 is 6.21 Å². The number of rotatable bonds is 5. The molecule has 2 aromatic rings. The molecule has 1 aliphatic carbocycles. The first-order chi connectivity index (χ1) is 10.2. The van der Waals surface area contributed by atoms with Crippen molar-refractivity contribution in [2.45, 2.75) is 32.3 Å². The van der Waals surface area contributed by atoms with Crippen LogP contribution in [0.2, 0.25) is 0 Å². The summed E-state index contributed by atoms with van der Waals surface area (Å²) in [5, 5.41) is 11.5. The summed E-state index contributed by atoms with van der Waals surface area (Å²) >= 11 is 0. The Morgan fingerprint density at radius 2 is 2.24 bits per heavy atom. The van der Waals surface area contributed by atoms with Crippen LogP contribution < -0.4 is 5.69 Å². The topological polar surface area (TPSA) is 74.3 Å². The molecular formula is C14H17N5O2. The summed E-state index contributed by atoms with van der Waals surface area (Å²) in [5.41, 5.74) is 2.59. The lowest BCUT2D eigenvalue weighted by Crippen LogP contribution is -2.23. The van der Waals surface area contributed by atoms with Crippen molar-refractivity contribution in [3.63, 3.8) is 0 Å². The van der Waals surface area contributed by atoms with Crippen LogP contribution in [0.1, 0.15) is 36.8 Å². The number of aryl methyl sites for hydroxylation is 1. The van der Waals surface area contributed by atoms with Crippen LogP contribution >= 0.6 is 0 Å². The number of tetrazole rings is 1. The molecule has 0 saturated heterocycles. The van der Waals surface area contributed by atoms with Crippen LogP contribution in [0.15, 0.2) is 28.1 Å². The van der Waals surface area contributed by atoms with E-state index in [-0.39, 0.29) is 5.69 Å². The van der Waals surface area contributed by atoms with Gasteiger partial charge < -0.3 is 4.84 Å². The zero-order valence-electron chi connectivity index (χ0n) is 12.1. The van der Waals surface area contributed by atoms with Crippen LogP contribution in [0.25, 0.3) is 5.69 Å². The fraction of sp³-hybridized carbons (Fsp3) is 0.429. The molecule has 21 heavy (non-hydrogen) atoms. The van der Waals surface area contributed by atoms with E-state index in [4.69, 9.17) is 4.84 Å². The number of hydrogen-bond acceptors (Lipinski definition) is 5. The van der Waals surface area contributed by atoms with E-state index in [1.165, 1.54) is 27.8 Å². The molecule has 7 heteroatoms. The van der Waals surface area contributed by atoms with Crippen molar-refractivity contribution in [2.24, 2.45) is 12.2 Å². The van der Waals surface area contributed by atoms with Gasteiger partial charge in [-0.15, -0.1) is 0 Å². The number of oxime groups is 1. The molecule has 1 aliphatic rings. The molecule has 0 bridgehead atoms. The maximum absolute atomic E-state index is 12.1. The van der Waals surface area contributed by atoms with E-state index in [9.17, 15) is 4.79 Å². The molecule has 0 N–H and O–H groups in total. The van der Waals surface area contributed by atoms with Crippen molar-refractivity contribution in [3.05, 3.63) is 39.8 Å². The molecular weight excluding hydrogens is 270 g/mol. The van der Waals surface area contributed by atoms with E-state index in [2.05, 4.69) is 21.6 Å². The Labute approximate surface area is 121 Å². The Morgan fingerprint density at radius 3 is 2.86 bits per heavy atom. The average molecular weight is 287 g/mol. The van der Waals surface area contributed by atoms with Gasteiger partial charge in [0, 0.05) is 18.8 Å². The molecule has 7 nitrogen and oxygen atoms in total. The molecule has 3 rings (SSSR count). The maximum Gasteiger partial charge on any atom is 0.368 e. The Bertz CT molecular complexity index is 727. The molecule has 1 fully saturated rings. The summed E-state index contributed by atoms with van der Waals surface area (Å²) in [7, 11) is 1.58. The highest BCUT2D eigenvalue weighted by atomic mass is 16.6. The monoisotopic (exact) mass is 287 g/mol. The minimum absolute atomic E-state index is 0.275. The van der Waals surface area contributed by atoms with Gasteiger partial charge in [-0.25, -0.2) is 4.79 Å². The second kappa shape index (κ2) is 5.51. The molecule has 1 aromatic heterocycles. The Balaban J connectivity index is 2.08. The van der Waals surface area contributed by atoms with Crippen LogP contribution in [0, 0.1) is 0 Å². The van der Waals surface area contributed by atoms with Gasteiger partial charge in [0.2, 0.25) is 0 Å². The van der Waals surface area contributed by atoms with Crippen LogP contribution in [-0.4, -0.2) is 26.0 Å². The molecule has 0 unspecified atom stereocenters. The van der Waals surface area contributed by atoms with Crippen molar-refractivity contribution in [3.8, 4) is 5.69 Å². The van der Waals surface area contributed by atoms with E-state index in [1.54, 1.807) is 20.2 Å². The van der Waals surface area contributed by atoms with Gasteiger partial charge >= 0.3 is 5.69 Å². The average Bonchev–Trinajstić information content (AvgIpc) is 3.28. The minimum Gasteiger partial charge on any atom is -0.391 e. The van der Waals surface area contributed by atoms with Crippen LogP contribution in [0.3, 0.4) is 0 Å². The van der Waals surface area contributed by atoms with Gasteiger partial charge in [-0.3, -0.25) is 0 Å². The Hall–Kier alpha value is -2.44. The van der Waals surface area contributed by atoms with Gasteiger partial charge in [-0.2, -0.15) is 9.36 Å². The third kappa shape index (κ3) is 2.58. The normalized spacial score (nSPS) is 14.8. The minimum atomic E-state index is -0.275. The van der Waals surface area contributed by atoms with Crippen LogP contribution in [0.5, 0.6) is 0 Å². The molecule has 0 radical (unpaired) electrons. The van der Waals surface area contributed by atoms with E-state index in [0.29, 0.717) is 18.2 Å². The smallest absolute Gasteiger partial charge is 0.368 e. The third-order valence-electron chi connectivity index (χ3n) is 3.54. The predicted molar refractivity (Wildman–Crippen MR) is 77.5 cm³/mol. The predicted octanol–water partition coefficient (Wildman–Crippen LogP) is 1.37. The third-order valence-corrected chi connectivity index (χ3v) is 3.54. The summed E-state index contributed by atoms with van der Waals surface area (Å²) in [4.78, 5) is 17.4. The van der Waals surface area contributed by atoms with Gasteiger partial charge in [0.05, 0.1) is 5.69 Å². The lowest BCUT2D eigenvalue weighted by Gasteiger charge is -2.12. The van der Waals surface area contributed by atoms with E-state index >= 15 is 0 Å². The summed E-state index contributed by atoms with van der Waals surface area (Å²) in [6.07, 6.45) is 3.93. The second-order valence-corrected chi connectivity index (χ2v) is 5.05. The summed E-state index contributed by atoms with van der Waals surface area (Å²) in [5.74, 6) is 0.543. The van der Waals surface area contributed by atoms with E-state index in [1.807, 2.05) is 12.1 Å². The highest BCUT2D eigenvalue weighted by molar-refractivity contribution is 5.52. The zero-order chi connectivity index (χ0) is 14.8. The first-order valence-electron chi connectivity index (χ1n) is 6.93. The van der Waals surface area contributed by atoms with Crippen LogP contribution in [-0.2, 0) is 18.5 Å². The lowest BCUT2D eigenvalue weighted by molar-refractivity contribution is 0.131. The van der Waals surface area contributed by atoms with Crippen molar-refractivity contribution in [1.29, 1.82) is 0 Å².